The molecule has 6 nitrogen and oxygen atoms in total. The highest BCUT2D eigenvalue weighted by atomic mass is 16.5. The summed E-state index contributed by atoms with van der Waals surface area (Å²) in [6.45, 7) is 5.64. The molecule has 0 saturated carbocycles. The topological polar surface area (TPSA) is 64.1 Å². The van der Waals surface area contributed by atoms with Gasteiger partial charge in [0.2, 0.25) is 0 Å². The zero-order valence-corrected chi connectivity index (χ0v) is 16.7. The molecule has 0 atom stereocenters. The minimum Gasteiger partial charge on any atom is -0.493 e. The van der Waals surface area contributed by atoms with Gasteiger partial charge in [0.15, 0.2) is 17.5 Å². The minimum absolute atomic E-state index is 0.511. The quantitative estimate of drug-likeness (QED) is 0.544. The van der Waals surface area contributed by atoms with Crippen molar-refractivity contribution in [2.75, 3.05) is 33.2 Å². The normalized spacial score (nSPS) is 11.3. The smallest absolute Gasteiger partial charge is 0.195 e. The van der Waals surface area contributed by atoms with E-state index in [-0.39, 0.29) is 0 Å². The van der Waals surface area contributed by atoms with Crippen LogP contribution in [0.25, 0.3) is 0 Å². The van der Waals surface area contributed by atoms with E-state index in [9.17, 15) is 0 Å². The summed E-state index contributed by atoms with van der Waals surface area (Å²) in [5.41, 5.74) is 2.00. The molecule has 2 rings (SSSR count). The molecule has 0 fully saturated rings. The van der Waals surface area contributed by atoms with Crippen LogP contribution >= 0.6 is 0 Å². The first-order valence-electron chi connectivity index (χ1n) is 8.97. The van der Waals surface area contributed by atoms with E-state index in [4.69, 9.17) is 14.2 Å². The molecule has 0 amide bonds. The van der Waals surface area contributed by atoms with Gasteiger partial charge in [-0.25, -0.2) is 0 Å². The van der Waals surface area contributed by atoms with E-state index in [1.807, 2.05) is 42.5 Å². The molecular formula is C21H29N3O3. The van der Waals surface area contributed by atoms with Gasteiger partial charge in [-0.15, -0.1) is 0 Å². The fraction of sp³-hybridized carbons (Fsp3) is 0.381. The third-order valence-corrected chi connectivity index (χ3v) is 3.84. The van der Waals surface area contributed by atoms with Gasteiger partial charge in [0, 0.05) is 25.3 Å². The SMILES string of the molecule is CN=C(NCc1ccc(OCC(C)C)cc1)Nc1ccc(OC)c(OC)c1. The maximum absolute atomic E-state index is 5.71. The molecule has 0 bridgehead atoms. The first-order valence-corrected chi connectivity index (χ1v) is 8.97. The lowest BCUT2D eigenvalue weighted by Gasteiger charge is -2.14. The van der Waals surface area contributed by atoms with Gasteiger partial charge < -0.3 is 24.8 Å². The number of hydrogen-bond acceptors (Lipinski definition) is 4. The molecule has 0 aliphatic carbocycles. The van der Waals surface area contributed by atoms with Crippen molar-refractivity contribution in [2.24, 2.45) is 10.9 Å². The van der Waals surface area contributed by atoms with Crippen LogP contribution in [0, 0.1) is 5.92 Å². The highest BCUT2D eigenvalue weighted by Crippen LogP contribution is 2.29. The number of nitrogens with one attached hydrogen (secondary N) is 2. The molecule has 2 N–H and O–H groups in total. The average molecular weight is 371 g/mol. The van der Waals surface area contributed by atoms with Crippen LogP contribution in [0.1, 0.15) is 19.4 Å². The van der Waals surface area contributed by atoms with E-state index in [1.165, 1.54) is 0 Å². The molecule has 0 aliphatic rings. The van der Waals surface area contributed by atoms with Gasteiger partial charge in [-0.3, -0.25) is 4.99 Å². The van der Waals surface area contributed by atoms with E-state index in [1.54, 1.807) is 21.3 Å². The summed E-state index contributed by atoms with van der Waals surface area (Å²) in [5, 5.41) is 6.54. The van der Waals surface area contributed by atoms with Crippen molar-refractivity contribution in [3.05, 3.63) is 48.0 Å². The largest absolute Gasteiger partial charge is 0.493 e. The monoisotopic (exact) mass is 371 g/mol. The van der Waals surface area contributed by atoms with Gasteiger partial charge >= 0.3 is 0 Å². The Balaban J connectivity index is 1.92. The molecular weight excluding hydrogens is 342 g/mol. The Morgan fingerprint density at radius 2 is 1.70 bits per heavy atom. The second-order valence-corrected chi connectivity index (χ2v) is 6.47. The fourth-order valence-corrected chi connectivity index (χ4v) is 2.38. The lowest BCUT2D eigenvalue weighted by molar-refractivity contribution is 0.271. The highest BCUT2D eigenvalue weighted by Gasteiger charge is 2.06. The number of methoxy groups -OCH3 is 2. The van der Waals surface area contributed by atoms with Crippen molar-refractivity contribution in [2.45, 2.75) is 20.4 Å². The van der Waals surface area contributed by atoms with Crippen molar-refractivity contribution in [3.8, 4) is 17.2 Å². The van der Waals surface area contributed by atoms with Crippen LogP contribution in [0.4, 0.5) is 5.69 Å². The van der Waals surface area contributed by atoms with Crippen molar-refractivity contribution >= 4 is 11.6 Å². The van der Waals surface area contributed by atoms with Crippen LogP contribution in [0.2, 0.25) is 0 Å². The van der Waals surface area contributed by atoms with Crippen LogP contribution in [-0.4, -0.2) is 33.8 Å². The maximum Gasteiger partial charge on any atom is 0.195 e. The summed E-state index contributed by atoms with van der Waals surface area (Å²) in [6.07, 6.45) is 0. The van der Waals surface area contributed by atoms with Crippen LogP contribution in [0.3, 0.4) is 0 Å². The zero-order valence-electron chi connectivity index (χ0n) is 16.7. The minimum atomic E-state index is 0.511. The number of benzene rings is 2. The Morgan fingerprint density at radius 1 is 1.00 bits per heavy atom. The fourth-order valence-electron chi connectivity index (χ4n) is 2.38. The highest BCUT2D eigenvalue weighted by molar-refractivity contribution is 5.93. The molecule has 6 heteroatoms. The number of guanidine groups is 1. The van der Waals surface area contributed by atoms with Crippen LogP contribution in [-0.2, 0) is 6.54 Å². The summed E-state index contributed by atoms with van der Waals surface area (Å²) >= 11 is 0. The lowest BCUT2D eigenvalue weighted by Crippen LogP contribution is -2.30. The van der Waals surface area contributed by atoms with E-state index in [0.717, 1.165) is 23.6 Å². The second-order valence-electron chi connectivity index (χ2n) is 6.47. The summed E-state index contributed by atoms with van der Waals surface area (Å²) in [4.78, 5) is 4.26. The Labute approximate surface area is 161 Å². The molecule has 0 aliphatic heterocycles. The first-order chi connectivity index (χ1) is 13.0. The number of ether oxygens (including phenoxy) is 3. The van der Waals surface area contributed by atoms with Crippen LogP contribution in [0.15, 0.2) is 47.5 Å². The van der Waals surface area contributed by atoms with Gasteiger partial charge in [0.25, 0.3) is 0 Å². The molecule has 146 valence electrons. The standard InChI is InChI=1S/C21H29N3O3/c1-15(2)14-27-18-9-6-16(7-10-18)13-23-21(22-3)24-17-8-11-19(25-4)20(12-17)26-5/h6-12,15H,13-14H2,1-5H3,(H2,22,23,24). The number of hydrogen-bond donors (Lipinski definition) is 2. The molecule has 0 spiro atoms. The van der Waals surface area contributed by atoms with Crippen molar-refractivity contribution < 1.29 is 14.2 Å². The molecule has 0 unspecified atom stereocenters. The second kappa shape index (κ2) is 10.3. The van der Waals surface area contributed by atoms with Crippen molar-refractivity contribution in [3.63, 3.8) is 0 Å². The van der Waals surface area contributed by atoms with Crippen LogP contribution < -0.4 is 24.8 Å². The summed E-state index contributed by atoms with van der Waals surface area (Å²) in [7, 11) is 4.97. The van der Waals surface area contributed by atoms with Gasteiger partial charge in [-0.05, 0) is 35.7 Å². The van der Waals surface area contributed by atoms with E-state index >= 15 is 0 Å². The maximum atomic E-state index is 5.71. The number of anilines is 1. The first kappa shape index (κ1) is 20.4. The predicted molar refractivity (Wildman–Crippen MR) is 110 cm³/mol. The number of aliphatic imine (C=N–C) groups is 1. The van der Waals surface area contributed by atoms with E-state index in [2.05, 4.69) is 29.5 Å². The molecule has 0 heterocycles. The van der Waals surface area contributed by atoms with Gasteiger partial charge in [-0.2, -0.15) is 0 Å². The van der Waals surface area contributed by atoms with E-state index in [0.29, 0.717) is 29.9 Å². The van der Waals surface area contributed by atoms with Gasteiger partial charge in [0.1, 0.15) is 5.75 Å². The molecule has 27 heavy (non-hydrogen) atoms. The summed E-state index contributed by atoms with van der Waals surface area (Å²) in [5.74, 6) is 3.42. The van der Waals surface area contributed by atoms with E-state index < -0.39 is 0 Å². The number of rotatable bonds is 8. The molecule has 0 saturated heterocycles. The Hall–Kier alpha value is -2.89. The van der Waals surface area contributed by atoms with Crippen LogP contribution in [0.5, 0.6) is 17.2 Å². The Bertz CT molecular complexity index is 743. The zero-order chi connectivity index (χ0) is 19.6. The van der Waals surface area contributed by atoms with Crippen molar-refractivity contribution in [1.82, 2.24) is 5.32 Å². The van der Waals surface area contributed by atoms with Gasteiger partial charge in [0.05, 0.1) is 20.8 Å². The molecule has 0 radical (unpaired) electrons. The number of nitrogens with zero attached hydrogens (tertiary/aromatic N) is 1. The lowest BCUT2D eigenvalue weighted by atomic mass is 10.2. The van der Waals surface area contributed by atoms with Gasteiger partial charge in [-0.1, -0.05) is 26.0 Å². The predicted octanol–water partition coefficient (Wildman–Crippen LogP) is 3.93. The third-order valence-electron chi connectivity index (χ3n) is 3.84. The average Bonchev–Trinajstić information content (AvgIpc) is 2.70. The summed E-state index contributed by atoms with van der Waals surface area (Å²) in [6, 6.07) is 13.7. The third kappa shape index (κ3) is 6.40. The molecule has 2 aromatic rings. The van der Waals surface area contributed by atoms with Crippen molar-refractivity contribution in [1.29, 1.82) is 0 Å². The molecule has 2 aromatic carbocycles. The Morgan fingerprint density at radius 3 is 2.30 bits per heavy atom. The summed E-state index contributed by atoms with van der Waals surface area (Å²) < 4.78 is 16.3. The molecule has 0 aromatic heterocycles. The Kier molecular flexibility index (Phi) is 7.79.